The molecule has 2 fully saturated rings. The van der Waals surface area contributed by atoms with Gasteiger partial charge in [0.1, 0.15) is 0 Å². The van der Waals surface area contributed by atoms with Gasteiger partial charge in [-0.1, -0.05) is 12.8 Å². The number of allylic oxidation sites excluding steroid dienone is 2. The molecule has 2 nitrogen and oxygen atoms in total. The molecule has 1 aliphatic heterocycles. The monoisotopic (exact) mass is 205 g/mol. The quantitative estimate of drug-likeness (QED) is 0.655. The zero-order valence-electron chi connectivity index (χ0n) is 9.30. The van der Waals surface area contributed by atoms with Gasteiger partial charge in [0.05, 0.1) is 0 Å². The van der Waals surface area contributed by atoms with Gasteiger partial charge in [0.25, 0.3) is 0 Å². The van der Waals surface area contributed by atoms with E-state index in [2.05, 4.69) is 4.90 Å². The highest BCUT2D eigenvalue weighted by Gasteiger charge is 2.41. The summed E-state index contributed by atoms with van der Waals surface area (Å²) < 4.78 is 0. The van der Waals surface area contributed by atoms with Crippen molar-refractivity contribution in [3.8, 4) is 0 Å². The van der Waals surface area contributed by atoms with Crippen molar-refractivity contribution < 1.29 is 4.79 Å². The Bertz CT molecular complexity index is 312. The second kappa shape index (κ2) is 3.36. The van der Waals surface area contributed by atoms with Crippen LogP contribution in [0.5, 0.6) is 0 Å². The Morgan fingerprint density at radius 3 is 2.60 bits per heavy atom. The molecule has 0 N–H and O–H groups in total. The predicted octanol–water partition coefficient (Wildman–Crippen LogP) is 2.50. The molecule has 82 valence electrons. The number of rotatable bonds is 1. The first-order valence-corrected chi connectivity index (χ1v) is 6.26. The van der Waals surface area contributed by atoms with E-state index in [-0.39, 0.29) is 0 Å². The second-order valence-electron chi connectivity index (χ2n) is 5.48. The van der Waals surface area contributed by atoms with Crippen molar-refractivity contribution in [1.82, 2.24) is 4.90 Å². The zero-order valence-corrected chi connectivity index (χ0v) is 9.30. The number of carbonyl (C=O) groups is 1. The minimum Gasteiger partial charge on any atom is -0.374 e. The lowest BCUT2D eigenvalue weighted by Gasteiger charge is -2.25. The third kappa shape index (κ3) is 1.60. The van der Waals surface area contributed by atoms with Gasteiger partial charge in [0.2, 0.25) is 0 Å². The second-order valence-corrected chi connectivity index (χ2v) is 5.48. The van der Waals surface area contributed by atoms with Crippen LogP contribution in [0.25, 0.3) is 0 Å². The van der Waals surface area contributed by atoms with E-state index in [1.54, 1.807) is 0 Å². The summed E-state index contributed by atoms with van der Waals surface area (Å²) in [6.07, 6.45) is 10.7. The lowest BCUT2D eigenvalue weighted by atomic mass is 9.86. The minimum absolute atomic E-state index is 0.331. The topological polar surface area (TPSA) is 20.3 Å². The van der Waals surface area contributed by atoms with Crippen LogP contribution in [0.4, 0.5) is 0 Å². The van der Waals surface area contributed by atoms with Crippen LogP contribution in [-0.4, -0.2) is 23.8 Å². The Kier molecular flexibility index (Phi) is 2.11. The average molecular weight is 205 g/mol. The normalized spacial score (nSPS) is 29.2. The largest absolute Gasteiger partial charge is 0.374 e. The van der Waals surface area contributed by atoms with Gasteiger partial charge in [-0.25, -0.2) is 0 Å². The fourth-order valence-electron chi connectivity index (χ4n) is 3.54. The molecule has 3 rings (SSSR count). The van der Waals surface area contributed by atoms with E-state index in [4.69, 9.17) is 0 Å². The third-order valence-electron chi connectivity index (χ3n) is 4.46. The van der Waals surface area contributed by atoms with Crippen LogP contribution in [0.3, 0.4) is 0 Å². The van der Waals surface area contributed by atoms with Crippen LogP contribution in [-0.2, 0) is 4.79 Å². The Morgan fingerprint density at radius 2 is 1.93 bits per heavy atom. The van der Waals surface area contributed by atoms with Crippen molar-refractivity contribution >= 4 is 5.78 Å². The molecule has 0 amide bonds. The molecule has 1 saturated carbocycles. The van der Waals surface area contributed by atoms with E-state index in [9.17, 15) is 4.79 Å². The van der Waals surface area contributed by atoms with Crippen LogP contribution in [0.1, 0.15) is 44.9 Å². The van der Waals surface area contributed by atoms with Crippen LogP contribution < -0.4 is 0 Å². The van der Waals surface area contributed by atoms with Gasteiger partial charge in [-0.2, -0.15) is 0 Å². The molecule has 0 aromatic heterocycles. The molecular formula is C13H19NO. The van der Waals surface area contributed by atoms with Crippen molar-refractivity contribution in [1.29, 1.82) is 0 Å². The van der Waals surface area contributed by atoms with Crippen LogP contribution >= 0.6 is 0 Å². The molecule has 1 heterocycles. The van der Waals surface area contributed by atoms with Gasteiger partial charge in [-0.3, -0.25) is 4.79 Å². The molecule has 0 bridgehead atoms. The summed E-state index contributed by atoms with van der Waals surface area (Å²) in [7, 11) is 0. The van der Waals surface area contributed by atoms with Crippen molar-refractivity contribution in [3.05, 3.63) is 11.8 Å². The number of ketones is 1. The summed E-state index contributed by atoms with van der Waals surface area (Å²) in [6, 6.07) is 0. The van der Waals surface area contributed by atoms with Gasteiger partial charge in [-0.15, -0.1) is 0 Å². The molecule has 3 aliphatic rings. The number of hydrogen-bond acceptors (Lipinski definition) is 2. The summed E-state index contributed by atoms with van der Waals surface area (Å²) in [6.45, 7) is 2.42. The molecular weight excluding hydrogens is 186 g/mol. The Labute approximate surface area is 91.3 Å². The zero-order chi connectivity index (χ0) is 10.3. The van der Waals surface area contributed by atoms with E-state index < -0.39 is 0 Å². The fourth-order valence-corrected chi connectivity index (χ4v) is 3.54. The van der Waals surface area contributed by atoms with E-state index in [1.165, 1.54) is 50.9 Å². The van der Waals surface area contributed by atoms with Gasteiger partial charge in [-0.05, 0) is 31.1 Å². The maximum Gasteiger partial charge on any atom is 0.157 e. The molecule has 0 atom stereocenters. The Hall–Kier alpha value is -0.790. The first-order chi connectivity index (χ1) is 7.27. The van der Waals surface area contributed by atoms with Gasteiger partial charge >= 0.3 is 0 Å². The summed E-state index contributed by atoms with van der Waals surface area (Å²) in [5, 5.41) is 0. The van der Waals surface area contributed by atoms with Crippen LogP contribution in [0.2, 0.25) is 0 Å². The molecule has 2 heteroatoms. The average Bonchev–Trinajstić information content (AvgIpc) is 2.90. The SMILES string of the molecule is O=C1C=C(N2CCC3(CCCC3)C2)CC1. The molecule has 0 aromatic rings. The van der Waals surface area contributed by atoms with E-state index in [1.807, 2.05) is 6.08 Å². The Balaban J connectivity index is 1.71. The maximum atomic E-state index is 11.2. The number of nitrogens with zero attached hydrogens (tertiary/aromatic N) is 1. The van der Waals surface area contributed by atoms with E-state index in [0.29, 0.717) is 11.2 Å². The smallest absolute Gasteiger partial charge is 0.157 e. The lowest BCUT2D eigenvalue weighted by Crippen LogP contribution is -2.24. The van der Waals surface area contributed by atoms with E-state index in [0.717, 1.165) is 12.8 Å². The minimum atomic E-state index is 0.331. The maximum absolute atomic E-state index is 11.2. The van der Waals surface area contributed by atoms with Crippen molar-refractivity contribution in [2.45, 2.75) is 44.9 Å². The lowest BCUT2D eigenvalue weighted by molar-refractivity contribution is -0.114. The first-order valence-electron chi connectivity index (χ1n) is 6.26. The van der Waals surface area contributed by atoms with E-state index >= 15 is 0 Å². The molecule has 0 radical (unpaired) electrons. The standard InChI is InChI=1S/C13H19NO/c15-12-4-3-11(9-12)14-8-7-13(10-14)5-1-2-6-13/h9H,1-8,10H2. The highest BCUT2D eigenvalue weighted by Crippen LogP contribution is 2.46. The molecule has 1 saturated heterocycles. The number of hydrogen-bond donors (Lipinski definition) is 0. The molecule has 2 aliphatic carbocycles. The van der Waals surface area contributed by atoms with Crippen LogP contribution in [0, 0.1) is 5.41 Å². The molecule has 0 aromatic carbocycles. The van der Waals surface area contributed by atoms with Crippen molar-refractivity contribution in [2.24, 2.45) is 5.41 Å². The number of likely N-dealkylation sites (tertiary alicyclic amines) is 1. The predicted molar refractivity (Wildman–Crippen MR) is 59.4 cm³/mol. The van der Waals surface area contributed by atoms with Crippen molar-refractivity contribution in [2.75, 3.05) is 13.1 Å². The molecule has 0 unspecified atom stereocenters. The summed E-state index contributed by atoms with van der Waals surface area (Å²) >= 11 is 0. The molecule has 1 spiro atoms. The van der Waals surface area contributed by atoms with Crippen molar-refractivity contribution in [3.63, 3.8) is 0 Å². The van der Waals surface area contributed by atoms with Gasteiger partial charge in [0.15, 0.2) is 5.78 Å². The van der Waals surface area contributed by atoms with Gasteiger partial charge in [0, 0.05) is 31.3 Å². The summed E-state index contributed by atoms with van der Waals surface area (Å²) in [5.74, 6) is 0.331. The number of carbonyl (C=O) groups excluding carboxylic acids is 1. The van der Waals surface area contributed by atoms with Crippen LogP contribution in [0.15, 0.2) is 11.8 Å². The highest BCUT2D eigenvalue weighted by molar-refractivity contribution is 5.92. The van der Waals surface area contributed by atoms with Gasteiger partial charge < -0.3 is 4.90 Å². The molecule has 15 heavy (non-hydrogen) atoms. The first kappa shape index (κ1) is 9.44. The Morgan fingerprint density at radius 1 is 1.13 bits per heavy atom. The highest BCUT2D eigenvalue weighted by atomic mass is 16.1. The fraction of sp³-hybridized carbons (Fsp3) is 0.769. The third-order valence-corrected chi connectivity index (χ3v) is 4.46. The summed E-state index contributed by atoms with van der Waals surface area (Å²) in [4.78, 5) is 13.7. The summed E-state index contributed by atoms with van der Waals surface area (Å²) in [5.41, 5.74) is 1.95.